The van der Waals surface area contributed by atoms with E-state index in [1.807, 2.05) is 53.9 Å². The average molecular weight is 621 g/mol. The molecule has 2 aromatic heterocycles. The Morgan fingerprint density at radius 3 is 2.67 bits per heavy atom. The fourth-order valence-electron chi connectivity index (χ4n) is 4.86. The molecule has 212 valence electrons. The Kier molecular flexibility index (Phi) is 9.16. The molecule has 0 amide bonds. The minimum absolute atomic E-state index is 0.118. The number of imidazole rings is 1. The normalized spacial score (nSPS) is 16.2. The Hall–Kier alpha value is -2.44. The molecule has 1 fully saturated rings. The Bertz CT molecular complexity index is 1540. The van der Waals surface area contributed by atoms with Crippen LogP contribution in [-0.2, 0) is 23.2 Å². The van der Waals surface area contributed by atoms with Crippen molar-refractivity contribution >= 4 is 44.7 Å². The van der Waals surface area contributed by atoms with Crippen molar-refractivity contribution in [1.29, 1.82) is 0 Å². The lowest BCUT2D eigenvalue weighted by Crippen LogP contribution is -2.45. The summed E-state index contributed by atoms with van der Waals surface area (Å²) in [5.74, 6) is 1.53. The number of hydrogen-bond donors (Lipinski definition) is 2. The van der Waals surface area contributed by atoms with Crippen LogP contribution in [0.15, 0.2) is 60.0 Å². The standard InChI is InChI=1S/C28H31Cl2N5O3S2/c1-34(21-12-14-35(18-21)17-19-5-10-23(29)24(30)16-19)40(36,37)31-13-11-25-27(20-6-8-22(38-2)9-7-20)33-28(32-25)26-4-3-15-39-26/h3-10,15-16,21,31H,11-14,17-18H2,1-2H3,(H,32,33)/t21-/m1/s1. The van der Waals surface area contributed by atoms with Crippen molar-refractivity contribution in [2.45, 2.75) is 25.4 Å². The summed E-state index contributed by atoms with van der Waals surface area (Å²) in [6.45, 7) is 2.37. The summed E-state index contributed by atoms with van der Waals surface area (Å²) in [5, 5.41) is 3.05. The summed E-state index contributed by atoms with van der Waals surface area (Å²) in [6, 6.07) is 17.2. The van der Waals surface area contributed by atoms with Gasteiger partial charge in [-0.15, -0.1) is 11.3 Å². The van der Waals surface area contributed by atoms with Crippen LogP contribution in [-0.4, -0.2) is 67.4 Å². The number of ether oxygens (including phenoxy) is 1. The molecule has 3 heterocycles. The van der Waals surface area contributed by atoms with Gasteiger partial charge in [0.05, 0.1) is 27.7 Å². The largest absolute Gasteiger partial charge is 0.497 e. The van der Waals surface area contributed by atoms with Gasteiger partial charge in [-0.3, -0.25) is 4.90 Å². The molecular weight excluding hydrogens is 589 g/mol. The van der Waals surface area contributed by atoms with Crippen LogP contribution < -0.4 is 9.46 Å². The van der Waals surface area contributed by atoms with Gasteiger partial charge in [0, 0.05) is 56.9 Å². The van der Waals surface area contributed by atoms with Crippen LogP contribution in [0.3, 0.4) is 0 Å². The van der Waals surface area contributed by atoms with Gasteiger partial charge < -0.3 is 9.72 Å². The maximum atomic E-state index is 13.2. The smallest absolute Gasteiger partial charge is 0.279 e. The van der Waals surface area contributed by atoms with E-state index in [2.05, 4.69) is 14.6 Å². The predicted octanol–water partition coefficient (Wildman–Crippen LogP) is 5.70. The average Bonchev–Trinajstić information content (AvgIpc) is 3.72. The fraction of sp³-hybridized carbons (Fsp3) is 0.321. The van der Waals surface area contributed by atoms with Crippen molar-refractivity contribution < 1.29 is 13.2 Å². The van der Waals surface area contributed by atoms with Crippen LogP contribution in [0.5, 0.6) is 5.75 Å². The van der Waals surface area contributed by atoms with Gasteiger partial charge in [0.25, 0.3) is 10.2 Å². The molecule has 5 rings (SSSR count). The lowest BCUT2D eigenvalue weighted by molar-refractivity contribution is 0.297. The van der Waals surface area contributed by atoms with E-state index in [4.69, 9.17) is 32.9 Å². The minimum Gasteiger partial charge on any atom is -0.497 e. The van der Waals surface area contributed by atoms with Gasteiger partial charge in [-0.2, -0.15) is 12.7 Å². The van der Waals surface area contributed by atoms with Crippen molar-refractivity contribution in [2.75, 3.05) is 33.8 Å². The second kappa shape index (κ2) is 12.6. The number of thiophene rings is 1. The van der Waals surface area contributed by atoms with Crippen molar-refractivity contribution in [3.63, 3.8) is 0 Å². The van der Waals surface area contributed by atoms with Crippen molar-refractivity contribution in [3.05, 3.63) is 81.3 Å². The first-order valence-corrected chi connectivity index (χ1v) is 16.0. The van der Waals surface area contributed by atoms with Crippen LogP contribution in [0, 0.1) is 0 Å². The van der Waals surface area contributed by atoms with Crippen molar-refractivity contribution in [1.82, 2.24) is 23.9 Å². The second-order valence-corrected chi connectivity index (χ2v) is 13.3. The number of halogens is 2. The van der Waals surface area contributed by atoms with Crippen molar-refractivity contribution in [2.24, 2.45) is 0 Å². The Labute approximate surface area is 249 Å². The summed E-state index contributed by atoms with van der Waals surface area (Å²) >= 11 is 13.8. The zero-order valence-corrected chi connectivity index (χ0v) is 25.4. The van der Waals surface area contributed by atoms with Crippen LogP contribution >= 0.6 is 34.5 Å². The van der Waals surface area contributed by atoms with Crippen molar-refractivity contribution in [3.8, 4) is 27.7 Å². The second-order valence-electron chi connectivity index (χ2n) is 9.71. The number of H-pyrrole nitrogens is 1. The highest BCUT2D eigenvalue weighted by atomic mass is 35.5. The van der Waals surface area contributed by atoms with Crippen LogP contribution in [0.2, 0.25) is 10.0 Å². The summed E-state index contributed by atoms with van der Waals surface area (Å²) in [4.78, 5) is 11.5. The number of nitrogens with one attached hydrogen (secondary N) is 2. The first-order chi connectivity index (χ1) is 19.2. The molecule has 40 heavy (non-hydrogen) atoms. The van der Waals surface area contributed by atoms with Gasteiger partial charge in [-0.1, -0.05) is 35.3 Å². The molecule has 0 radical (unpaired) electrons. The Balaban J connectivity index is 1.22. The first kappa shape index (κ1) is 29.1. The highest BCUT2D eigenvalue weighted by Gasteiger charge is 2.32. The third kappa shape index (κ3) is 6.71. The van der Waals surface area contributed by atoms with Gasteiger partial charge in [0.1, 0.15) is 11.6 Å². The number of methoxy groups -OCH3 is 1. The van der Waals surface area contributed by atoms with E-state index in [-0.39, 0.29) is 12.6 Å². The fourth-order valence-corrected chi connectivity index (χ4v) is 6.98. The van der Waals surface area contributed by atoms with Gasteiger partial charge in [-0.05, 0) is 59.8 Å². The van der Waals surface area contributed by atoms with E-state index in [9.17, 15) is 8.42 Å². The SMILES string of the molecule is COc1ccc(-c2nc(-c3cccs3)[nH]c2CCNS(=O)(=O)N(C)[C@@H]2CCN(Cc3ccc(Cl)c(Cl)c3)C2)cc1. The van der Waals surface area contributed by atoms with E-state index < -0.39 is 10.2 Å². The number of aromatic amines is 1. The number of benzene rings is 2. The molecule has 12 heteroatoms. The zero-order valence-electron chi connectivity index (χ0n) is 22.2. The number of hydrogen-bond acceptors (Lipinski definition) is 6. The molecule has 0 unspecified atom stereocenters. The monoisotopic (exact) mass is 619 g/mol. The maximum Gasteiger partial charge on any atom is 0.279 e. The van der Waals surface area contributed by atoms with Crippen LogP contribution in [0.25, 0.3) is 22.0 Å². The van der Waals surface area contributed by atoms with E-state index in [1.165, 1.54) is 4.31 Å². The van der Waals surface area contributed by atoms with Crippen LogP contribution in [0.1, 0.15) is 17.7 Å². The number of rotatable bonds is 11. The highest BCUT2D eigenvalue weighted by molar-refractivity contribution is 7.87. The molecule has 2 N–H and O–H groups in total. The van der Waals surface area contributed by atoms with Gasteiger partial charge >= 0.3 is 0 Å². The Morgan fingerprint density at radius 2 is 1.98 bits per heavy atom. The number of likely N-dealkylation sites (N-methyl/N-ethyl adjacent to an activating group) is 1. The summed E-state index contributed by atoms with van der Waals surface area (Å²) < 4.78 is 35.9. The molecule has 1 atom stereocenters. The van der Waals surface area contributed by atoms with Gasteiger partial charge in [0.2, 0.25) is 0 Å². The van der Waals surface area contributed by atoms with Crippen LogP contribution in [0.4, 0.5) is 0 Å². The number of aromatic nitrogens is 2. The lowest BCUT2D eigenvalue weighted by Gasteiger charge is -2.24. The molecular formula is C28H31Cl2N5O3S2. The van der Waals surface area contributed by atoms with E-state index in [0.717, 1.165) is 51.9 Å². The summed E-state index contributed by atoms with van der Waals surface area (Å²) in [5.41, 5.74) is 3.65. The van der Waals surface area contributed by atoms with E-state index >= 15 is 0 Å². The molecule has 0 bridgehead atoms. The Morgan fingerprint density at radius 1 is 1.18 bits per heavy atom. The molecule has 0 saturated carbocycles. The topological polar surface area (TPSA) is 90.6 Å². The molecule has 4 aromatic rings. The molecule has 1 aliphatic heterocycles. The predicted molar refractivity (Wildman–Crippen MR) is 162 cm³/mol. The van der Waals surface area contributed by atoms with Gasteiger partial charge in [-0.25, -0.2) is 9.71 Å². The third-order valence-corrected chi connectivity index (χ3v) is 10.3. The minimum atomic E-state index is -3.68. The lowest BCUT2D eigenvalue weighted by atomic mass is 10.1. The van der Waals surface area contributed by atoms with E-state index in [1.54, 1.807) is 31.6 Å². The van der Waals surface area contributed by atoms with E-state index in [0.29, 0.717) is 29.6 Å². The highest BCUT2D eigenvalue weighted by Crippen LogP contribution is 2.30. The number of nitrogens with zero attached hydrogens (tertiary/aromatic N) is 3. The molecule has 0 aliphatic carbocycles. The summed E-state index contributed by atoms with van der Waals surface area (Å²) in [7, 11) is -0.403. The number of likely N-dealkylation sites (tertiary alicyclic amines) is 1. The third-order valence-electron chi connectivity index (χ3n) is 7.09. The van der Waals surface area contributed by atoms with Gasteiger partial charge in [0.15, 0.2) is 0 Å². The summed E-state index contributed by atoms with van der Waals surface area (Å²) in [6.07, 6.45) is 1.21. The molecule has 1 saturated heterocycles. The first-order valence-electron chi connectivity index (χ1n) is 12.9. The molecule has 0 spiro atoms. The molecule has 2 aromatic carbocycles. The maximum absolute atomic E-state index is 13.2. The molecule has 8 nitrogen and oxygen atoms in total. The zero-order chi connectivity index (χ0) is 28.3. The molecule has 1 aliphatic rings. The quantitative estimate of drug-likeness (QED) is 0.225.